The second-order valence-electron chi connectivity index (χ2n) is 4.96. The molecule has 0 saturated heterocycles. The number of aliphatic hydroxyl groups is 1. The van der Waals surface area contributed by atoms with Crippen LogP contribution in [0.3, 0.4) is 0 Å². The molecular weight excluding hydrogens is 301 g/mol. The van der Waals surface area contributed by atoms with Gasteiger partial charge in [-0.2, -0.15) is 0 Å². The first-order chi connectivity index (χ1) is 9.38. The summed E-state index contributed by atoms with van der Waals surface area (Å²) in [6.45, 7) is 3.94. The zero-order chi connectivity index (χ0) is 15.3. The minimum Gasteiger partial charge on any atom is -0.494 e. The van der Waals surface area contributed by atoms with Crippen molar-refractivity contribution in [1.82, 2.24) is 5.32 Å². The lowest BCUT2D eigenvalue weighted by Crippen LogP contribution is -2.38. The SMILES string of the molecule is COc1c(Cl)cc(C(=O)NC(CO)CC(C)C)cc1Cl. The fourth-order valence-corrected chi connectivity index (χ4v) is 2.54. The van der Waals surface area contributed by atoms with Gasteiger partial charge in [-0.05, 0) is 24.5 Å². The third kappa shape index (κ3) is 4.54. The molecule has 0 aliphatic heterocycles. The van der Waals surface area contributed by atoms with E-state index in [9.17, 15) is 9.90 Å². The molecule has 1 aromatic rings. The van der Waals surface area contributed by atoms with Crippen molar-refractivity contribution >= 4 is 29.1 Å². The molecule has 0 spiro atoms. The van der Waals surface area contributed by atoms with Crippen LogP contribution < -0.4 is 10.1 Å². The monoisotopic (exact) mass is 319 g/mol. The summed E-state index contributed by atoms with van der Waals surface area (Å²) < 4.78 is 5.03. The number of ether oxygens (including phenoxy) is 1. The van der Waals surface area contributed by atoms with Gasteiger partial charge in [-0.25, -0.2) is 0 Å². The fraction of sp³-hybridized carbons (Fsp3) is 0.500. The summed E-state index contributed by atoms with van der Waals surface area (Å²) >= 11 is 12.0. The first-order valence-corrected chi connectivity index (χ1v) is 7.09. The molecule has 6 heteroatoms. The van der Waals surface area contributed by atoms with Gasteiger partial charge in [0.1, 0.15) is 0 Å². The quantitative estimate of drug-likeness (QED) is 0.846. The molecular formula is C14H19Cl2NO3. The van der Waals surface area contributed by atoms with Gasteiger partial charge in [0.2, 0.25) is 0 Å². The largest absolute Gasteiger partial charge is 0.494 e. The lowest BCUT2D eigenvalue weighted by Gasteiger charge is -2.18. The van der Waals surface area contributed by atoms with Gasteiger partial charge in [-0.1, -0.05) is 37.0 Å². The highest BCUT2D eigenvalue weighted by molar-refractivity contribution is 6.37. The number of benzene rings is 1. The van der Waals surface area contributed by atoms with E-state index in [1.807, 2.05) is 13.8 Å². The maximum atomic E-state index is 12.1. The normalized spacial score (nSPS) is 12.3. The fourth-order valence-electron chi connectivity index (χ4n) is 1.90. The lowest BCUT2D eigenvalue weighted by molar-refractivity contribution is 0.0908. The van der Waals surface area contributed by atoms with E-state index in [0.717, 1.165) is 0 Å². The Balaban J connectivity index is 2.87. The topological polar surface area (TPSA) is 58.6 Å². The molecule has 112 valence electrons. The Labute approximate surface area is 129 Å². The molecule has 1 unspecified atom stereocenters. The van der Waals surface area contributed by atoms with Gasteiger partial charge in [0.05, 0.1) is 29.8 Å². The van der Waals surface area contributed by atoms with Crippen molar-refractivity contribution in [2.75, 3.05) is 13.7 Å². The minimum absolute atomic E-state index is 0.110. The molecule has 1 amide bonds. The van der Waals surface area contributed by atoms with E-state index >= 15 is 0 Å². The van der Waals surface area contributed by atoms with Gasteiger partial charge < -0.3 is 15.2 Å². The molecule has 0 aliphatic rings. The number of hydrogen-bond acceptors (Lipinski definition) is 3. The van der Waals surface area contributed by atoms with Crippen LogP contribution in [0.1, 0.15) is 30.6 Å². The van der Waals surface area contributed by atoms with Crippen molar-refractivity contribution in [2.24, 2.45) is 5.92 Å². The number of rotatable bonds is 6. The molecule has 0 aromatic heterocycles. The molecule has 1 atom stereocenters. The van der Waals surface area contributed by atoms with Crippen molar-refractivity contribution in [3.63, 3.8) is 0 Å². The van der Waals surface area contributed by atoms with Crippen LogP contribution in [0.4, 0.5) is 0 Å². The predicted molar refractivity (Wildman–Crippen MR) is 80.8 cm³/mol. The average molecular weight is 320 g/mol. The summed E-state index contributed by atoms with van der Waals surface area (Å²) in [5, 5.41) is 12.6. The van der Waals surface area contributed by atoms with Crippen LogP contribution in [-0.4, -0.2) is 30.8 Å². The highest BCUT2D eigenvalue weighted by Crippen LogP contribution is 2.33. The summed E-state index contributed by atoms with van der Waals surface area (Å²) in [4.78, 5) is 12.1. The summed E-state index contributed by atoms with van der Waals surface area (Å²) in [5.41, 5.74) is 0.336. The lowest BCUT2D eigenvalue weighted by atomic mass is 10.0. The van der Waals surface area contributed by atoms with Crippen LogP contribution >= 0.6 is 23.2 Å². The van der Waals surface area contributed by atoms with Crippen LogP contribution in [-0.2, 0) is 0 Å². The second-order valence-corrected chi connectivity index (χ2v) is 5.77. The van der Waals surface area contributed by atoms with Crippen LogP contribution in [0.2, 0.25) is 10.0 Å². The van der Waals surface area contributed by atoms with Crippen LogP contribution in [0.25, 0.3) is 0 Å². The zero-order valence-electron chi connectivity index (χ0n) is 11.7. The summed E-state index contributed by atoms with van der Waals surface area (Å²) in [6.07, 6.45) is 0.694. The summed E-state index contributed by atoms with van der Waals surface area (Å²) in [6, 6.07) is 2.69. The number of hydrogen-bond donors (Lipinski definition) is 2. The van der Waals surface area contributed by atoms with Gasteiger partial charge in [0.15, 0.2) is 5.75 Å². The van der Waals surface area contributed by atoms with Crippen molar-refractivity contribution in [3.05, 3.63) is 27.7 Å². The van der Waals surface area contributed by atoms with Crippen molar-refractivity contribution in [3.8, 4) is 5.75 Å². The van der Waals surface area contributed by atoms with E-state index in [2.05, 4.69) is 5.32 Å². The van der Waals surface area contributed by atoms with Gasteiger partial charge in [0, 0.05) is 5.56 Å². The van der Waals surface area contributed by atoms with Crippen molar-refractivity contribution in [2.45, 2.75) is 26.3 Å². The molecule has 0 saturated carbocycles. The Bertz CT molecular complexity index is 454. The molecule has 0 heterocycles. The zero-order valence-corrected chi connectivity index (χ0v) is 13.3. The maximum absolute atomic E-state index is 12.1. The summed E-state index contributed by atoms with van der Waals surface area (Å²) in [7, 11) is 1.46. The van der Waals surface area contributed by atoms with Gasteiger partial charge >= 0.3 is 0 Å². The Morgan fingerprint density at radius 3 is 2.30 bits per heavy atom. The first kappa shape index (κ1) is 17.1. The standard InChI is InChI=1S/C14H19Cl2NO3/c1-8(2)4-10(7-18)17-14(19)9-5-11(15)13(20-3)12(16)6-9/h5-6,8,10,18H,4,7H2,1-3H3,(H,17,19). The molecule has 1 aromatic carbocycles. The van der Waals surface area contributed by atoms with E-state index in [-0.39, 0.29) is 28.6 Å². The number of aliphatic hydroxyl groups excluding tert-OH is 1. The number of carbonyl (C=O) groups is 1. The molecule has 20 heavy (non-hydrogen) atoms. The Morgan fingerprint density at radius 2 is 1.90 bits per heavy atom. The van der Waals surface area contributed by atoms with E-state index in [1.165, 1.54) is 19.2 Å². The maximum Gasteiger partial charge on any atom is 0.251 e. The smallest absolute Gasteiger partial charge is 0.251 e. The Kier molecular flexibility index (Phi) is 6.59. The second kappa shape index (κ2) is 7.72. The van der Waals surface area contributed by atoms with E-state index < -0.39 is 0 Å². The third-order valence-corrected chi connectivity index (χ3v) is 3.34. The molecule has 2 N–H and O–H groups in total. The Morgan fingerprint density at radius 1 is 1.35 bits per heavy atom. The van der Waals surface area contributed by atoms with E-state index in [1.54, 1.807) is 0 Å². The summed E-state index contributed by atoms with van der Waals surface area (Å²) in [5.74, 6) is 0.386. The molecule has 0 radical (unpaired) electrons. The van der Waals surface area contributed by atoms with Gasteiger partial charge in [-0.15, -0.1) is 0 Å². The number of halogens is 2. The Hall–Kier alpha value is -0.970. The van der Waals surface area contributed by atoms with E-state index in [0.29, 0.717) is 23.7 Å². The van der Waals surface area contributed by atoms with Gasteiger partial charge in [0.25, 0.3) is 5.91 Å². The molecule has 1 rings (SSSR count). The van der Waals surface area contributed by atoms with Crippen LogP contribution in [0.15, 0.2) is 12.1 Å². The van der Waals surface area contributed by atoms with Crippen LogP contribution in [0, 0.1) is 5.92 Å². The number of amides is 1. The molecule has 0 bridgehead atoms. The average Bonchev–Trinajstić information content (AvgIpc) is 2.36. The highest BCUT2D eigenvalue weighted by atomic mass is 35.5. The van der Waals surface area contributed by atoms with Gasteiger partial charge in [-0.3, -0.25) is 4.79 Å². The predicted octanol–water partition coefficient (Wildman–Crippen LogP) is 3.14. The first-order valence-electron chi connectivity index (χ1n) is 6.33. The minimum atomic E-state index is -0.323. The van der Waals surface area contributed by atoms with Crippen molar-refractivity contribution < 1.29 is 14.6 Å². The molecule has 0 fully saturated rings. The molecule has 4 nitrogen and oxygen atoms in total. The van der Waals surface area contributed by atoms with E-state index in [4.69, 9.17) is 27.9 Å². The number of nitrogens with one attached hydrogen (secondary N) is 1. The number of methoxy groups -OCH3 is 1. The highest BCUT2D eigenvalue weighted by Gasteiger charge is 2.17. The third-order valence-electron chi connectivity index (χ3n) is 2.78. The van der Waals surface area contributed by atoms with Crippen molar-refractivity contribution in [1.29, 1.82) is 0 Å². The molecule has 0 aliphatic carbocycles. The number of carbonyl (C=O) groups excluding carboxylic acids is 1. The van der Waals surface area contributed by atoms with Crippen LogP contribution in [0.5, 0.6) is 5.75 Å².